The molecule has 2 aromatic rings. The van der Waals surface area contributed by atoms with Gasteiger partial charge in [0, 0.05) is 24.5 Å². The molecule has 1 aliphatic heterocycles. The normalized spacial score (nSPS) is 14.1. The molecule has 3 heteroatoms. The van der Waals surface area contributed by atoms with Gasteiger partial charge in [-0.3, -0.25) is 4.79 Å². The van der Waals surface area contributed by atoms with Crippen molar-refractivity contribution in [3.8, 4) is 0 Å². The van der Waals surface area contributed by atoms with E-state index in [1.54, 1.807) is 0 Å². The van der Waals surface area contributed by atoms with Gasteiger partial charge in [0.25, 0.3) is 5.91 Å². The number of aryl methyl sites for hydroxylation is 1. The smallest absolute Gasteiger partial charge is 0.257 e. The van der Waals surface area contributed by atoms with Crippen molar-refractivity contribution >= 4 is 17.3 Å². The Hall–Kier alpha value is -2.29. The van der Waals surface area contributed by atoms with Gasteiger partial charge in [-0.25, -0.2) is 0 Å². The van der Waals surface area contributed by atoms with Crippen molar-refractivity contribution in [1.29, 1.82) is 0 Å². The first-order valence-corrected chi connectivity index (χ1v) is 8.03. The van der Waals surface area contributed by atoms with Crippen LogP contribution >= 0.6 is 0 Å². The van der Waals surface area contributed by atoms with Crippen LogP contribution in [-0.4, -0.2) is 19.0 Å². The number of hydrogen-bond donors (Lipinski definition) is 1. The molecule has 1 amide bonds. The van der Waals surface area contributed by atoms with E-state index in [9.17, 15) is 4.79 Å². The molecule has 1 aliphatic rings. The maximum absolute atomic E-state index is 12.7. The quantitative estimate of drug-likeness (QED) is 0.920. The summed E-state index contributed by atoms with van der Waals surface area (Å²) < 4.78 is 0. The Morgan fingerprint density at radius 2 is 1.73 bits per heavy atom. The van der Waals surface area contributed by atoms with Gasteiger partial charge in [-0.2, -0.15) is 0 Å². The fourth-order valence-electron chi connectivity index (χ4n) is 3.04. The van der Waals surface area contributed by atoms with Gasteiger partial charge in [-0.05, 0) is 43.0 Å². The van der Waals surface area contributed by atoms with Gasteiger partial charge < -0.3 is 10.2 Å². The molecule has 0 aromatic heterocycles. The van der Waals surface area contributed by atoms with E-state index in [0.29, 0.717) is 0 Å². The summed E-state index contributed by atoms with van der Waals surface area (Å²) >= 11 is 0. The highest BCUT2D eigenvalue weighted by Gasteiger charge is 2.19. The molecule has 114 valence electrons. The molecule has 0 radical (unpaired) electrons. The highest BCUT2D eigenvalue weighted by molar-refractivity contribution is 6.08. The summed E-state index contributed by atoms with van der Waals surface area (Å²) in [4.78, 5) is 15.0. The van der Waals surface area contributed by atoms with Crippen LogP contribution in [0.5, 0.6) is 0 Å². The molecule has 3 nitrogen and oxygen atoms in total. The third-order valence-corrected chi connectivity index (χ3v) is 4.24. The van der Waals surface area contributed by atoms with Crippen molar-refractivity contribution in [2.75, 3.05) is 23.3 Å². The first-order valence-electron chi connectivity index (χ1n) is 8.03. The molecule has 22 heavy (non-hydrogen) atoms. The number of nitrogens with one attached hydrogen (secondary N) is 1. The third-order valence-electron chi connectivity index (χ3n) is 4.24. The summed E-state index contributed by atoms with van der Waals surface area (Å²) in [6.45, 7) is 4.18. The molecule has 0 aliphatic carbocycles. The van der Waals surface area contributed by atoms with Crippen LogP contribution < -0.4 is 10.2 Å². The van der Waals surface area contributed by atoms with Gasteiger partial charge in [-0.15, -0.1) is 0 Å². The van der Waals surface area contributed by atoms with E-state index in [0.717, 1.165) is 42.0 Å². The number of para-hydroxylation sites is 2. The number of benzene rings is 2. The molecule has 1 fully saturated rings. The minimum atomic E-state index is -0.0246. The van der Waals surface area contributed by atoms with Crippen molar-refractivity contribution in [1.82, 2.24) is 0 Å². The van der Waals surface area contributed by atoms with E-state index in [2.05, 4.69) is 23.2 Å². The fraction of sp³-hybridized carbons (Fsp3) is 0.316. The van der Waals surface area contributed by atoms with Crippen LogP contribution in [0.4, 0.5) is 11.4 Å². The second-order valence-corrected chi connectivity index (χ2v) is 5.68. The van der Waals surface area contributed by atoms with Gasteiger partial charge in [-0.1, -0.05) is 37.3 Å². The van der Waals surface area contributed by atoms with Crippen LogP contribution in [0.15, 0.2) is 48.5 Å². The number of carbonyl (C=O) groups is 1. The van der Waals surface area contributed by atoms with Gasteiger partial charge >= 0.3 is 0 Å². The summed E-state index contributed by atoms with van der Waals surface area (Å²) in [7, 11) is 0. The molecule has 1 N–H and O–H groups in total. The number of rotatable bonds is 4. The highest BCUT2D eigenvalue weighted by atomic mass is 16.1. The molecule has 2 aromatic carbocycles. The number of amides is 1. The zero-order valence-electron chi connectivity index (χ0n) is 13.0. The lowest BCUT2D eigenvalue weighted by Gasteiger charge is -2.21. The van der Waals surface area contributed by atoms with Gasteiger partial charge in [0.1, 0.15) is 0 Å². The third kappa shape index (κ3) is 2.98. The van der Waals surface area contributed by atoms with E-state index >= 15 is 0 Å². The Bertz CT molecular complexity index is 660. The van der Waals surface area contributed by atoms with Crippen molar-refractivity contribution in [2.45, 2.75) is 26.2 Å². The minimum absolute atomic E-state index is 0.0246. The lowest BCUT2D eigenvalue weighted by molar-refractivity contribution is 0.102. The molecule has 0 atom stereocenters. The fourth-order valence-corrected chi connectivity index (χ4v) is 3.04. The van der Waals surface area contributed by atoms with Crippen LogP contribution in [0.25, 0.3) is 0 Å². The monoisotopic (exact) mass is 294 g/mol. The lowest BCUT2D eigenvalue weighted by Crippen LogP contribution is -2.23. The van der Waals surface area contributed by atoms with Crippen LogP contribution in [-0.2, 0) is 6.42 Å². The molecule has 1 heterocycles. The average molecular weight is 294 g/mol. The molecule has 0 saturated carbocycles. The van der Waals surface area contributed by atoms with E-state index < -0.39 is 0 Å². The lowest BCUT2D eigenvalue weighted by atomic mass is 10.1. The van der Waals surface area contributed by atoms with Crippen molar-refractivity contribution in [2.24, 2.45) is 0 Å². The number of hydrogen-bond acceptors (Lipinski definition) is 2. The van der Waals surface area contributed by atoms with E-state index in [-0.39, 0.29) is 5.91 Å². The van der Waals surface area contributed by atoms with Gasteiger partial charge in [0.2, 0.25) is 0 Å². The Balaban J connectivity index is 1.86. The summed E-state index contributed by atoms with van der Waals surface area (Å²) in [5, 5.41) is 3.08. The zero-order chi connectivity index (χ0) is 15.4. The Kier molecular flexibility index (Phi) is 4.42. The number of carbonyl (C=O) groups excluding carboxylic acids is 1. The SMILES string of the molecule is CCc1ccccc1NC(=O)c1ccccc1N1CCCC1. The highest BCUT2D eigenvalue weighted by Crippen LogP contribution is 2.26. The summed E-state index contributed by atoms with van der Waals surface area (Å²) in [5.41, 5.74) is 3.88. The largest absolute Gasteiger partial charge is 0.371 e. The van der Waals surface area contributed by atoms with E-state index in [4.69, 9.17) is 0 Å². The van der Waals surface area contributed by atoms with Crippen LogP contribution in [0, 0.1) is 0 Å². The maximum Gasteiger partial charge on any atom is 0.257 e. The summed E-state index contributed by atoms with van der Waals surface area (Å²) in [6.07, 6.45) is 3.31. The number of anilines is 2. The molecule has 0 bridgehead atoms. The first kappa shape index (κ1) is 14.6. The van der Waals surface area contributed by atoms with Crippen molar-refractivity contribution in [3.05, 3.63) is 59.7 Å². The molecular formula is C19H22N2O. The second kappa shape index (κ2) is 6.65. The van der Waals surface area contributed by atoms with Gasteiger partial charge in [0.05, 0.1) is 5.56 Å². The zero-order valence-corrected chi connectivity index (χ0v) is 13.0. The topological polar surface area (TPSA) is 32.3 Å². The van der Waals surface area contributed by atoms with Gasteiger partial charge in [0.15, 0.2) is 0 Å². The standard InChI is InChI=1S/C19H22N2O/c1-2-15-9-3-5-11-17(15)20-19(22)16-10-4-6-12-18(16)21-13-7-8-14-21/h3-6,9-12H,2,7-8,13-14H2,1H3,(H,20,22). The average Bonchev–Trinajstić information content (AvgIpc) is 3.09. The Morgan fingerprint density at radius 1 is 1.05 bits per heavy atom. The first-order chi connectivity index (χ1) is 10.8. The second-order valence-electron chi connectivity index (χ2n) is 5.68. The Morgan fingerprint density at radius 3 is 2.50 bits per heavy atom. The predicted molar refractivity (Wildman–Crippen MR) is 91.7 cm³/mol. The van der Waals surface area contributed by atoms with Crippen LogP contribution in [0.3, 0.4) is 0 Å². The van der Waals surface area contributed by atoms with Crippen molar-refractivity contribution in [3.63, 3.8) is 0 Å². The summed E-state index contributed by atoms with van der Waals surface area (Å²) in [5.74, 6) is -0.0246. The number of nitrogens with zero attached hydrogens (tertiary/aromatic N) is 1. The van der Waals surface area contributed by atoms with Crippen LogP contribution in [0.2, 0.25) is 0 Å². The molecule has 0 spiro atoms. The Labute approximate surface area is 132 Å². The van der Waals surface area contributed by atoms with Crippen molar-refractivity contribution < 1.29 is 4.79 Å². The summed E-state index contributed by atoms with van der Waals surface area (Å²) in [6, 6.07) is 15.9. The van der Waals surface area contributed by atoms with E-state index in [1.165, 1.54) is 12.8 Å². The molecule has 1 saturated heterocycles. The predicted octanol–water partition coefficient (Wildman–Crippen LogP) is 4.10. The van der Waals surface area contributed by atoms with Crippen LogP contribution in [0.1, 0.15) is 35.7 Å². The van der Waals surface area contributed by atoms with E-state index in [1.807, 2.05) is 42.5 Å². The minimum Gasteiger partial charge on any atom is -0.371 e. The molecule has 0 unspecified atom stereocenters. The molecule has 3 rings (SSSR count). The maximum atomic E-state index is 12.7. The molecular weight excluding hydrogens is 272 g/mol.